The van der Waals surface area contributed by atoms with Gasteiger partial charge in [-0.2, -0.15) is 0 Å². The maximum Gasteiger partial charge on any atom is 0.272 e. The van der Waals surface area contributed by atoms with Crippen molar-refractivity contribution in [3.8, 4) is 5.75 Å². The van der Waals surface area contributed by atoms with Crippen molar-refractivity contribution in [2.75, 3.05) is 45.2 Å². The molecule has 1 aromatic heterocycles. The third kappa shape index (κ3) is 4.23. The lowest BCUT2D eigenvalue weighted by molar-refractivity contribution is 0.0637. The van der Waals surface area contributed by atoms with E-state index < -0.39 is 0 Å². The van der Waals surface area contributed by atoms with Crippen LogP contribution in [0.1, 0.15) is 17.4 Å². The third-order valence-corrected chi connectivity index (χ3v) is 4.71. The minimum atomic E-state index is -0.0704. The van der Waals surface area contributed by atoms with Gasteiger partial charge in [0.15, 0.2) is 0 Å². The standard InChI is InChI=1S/C18H22ClN5O2/c1-3-23-6-8-24(9-7-23)18(25)15-11-17(21-12-20-15)22-13-4-5-16(26-2)14(19)10-13/h4-5,10-12H,3,6-9H2,1-2H3,(H,20,21,22). The first-order valence-corrected chi connectivity index (χ1v) is 8.92. The molecule has 138 valence electrons. The summed E-state index contributed by atoms with van der Waals surface area (Å²) in [6.45, 7) is 6.35. The zero-order valence-electron chi connectivity index (χ0n) is 14.9. The number of carbonyl (C=O) groups is 1. The Balaban J connectivity index is 1.70. The van der Waals surface area contributed by atoms with E-state index in [1.54, 1.807) is 25.3 Å². The molecular formula is C18H22ClN5O2. The molecule has 3 rings (SSSR count). The fourth-order valence-corrected chi connectivity index (χ4v) is 3.12. The Morgan fingerprint density at radius 1 is 1.23 bits per heavy atom. The van der Waals surface area contributed by atoms with Gasteiger partial charge in [0.25, 0.3) is 5.91 Å². The summed E-state index contributed by atoms with van der Waals surface area (Å²) in [6, 6.07) is 7.00. The van der Waals surface area contributed by atoms with Crippen LogP contribution in [-0.2, 0) is 0 Å². The molecule has 1 aliphatic rings. The van der Waals surface area contributed by atoms with E-state index in [4.69, 9.17) is 16.3 Å². The summed E-state index contributed by atoms with van der Waals surface area (Å²) < 4.78 is 5.14. The summed E-state index contributed by atoms with van der Waals surface area (Å²) in [5, 5.41) is 3.64. The summed E-state index contributed by atoms with van der Waals surface area (Å²) in [5.74, 6) is 1.07. The van der Waals surface area contributed by atoms with Crippen molar-refractivity contribution >= 4 is 29.0 Å². The zero-order chi connectivity index (χ0) is 18.5. The van der Waals surface area contributed by atoms with Crippen molar-refractivity contribution in [3.63, 3.8) is 0 Å². The first-order valence-electron chi connectivity index (χ1n) is 8.55. The van der Waals surface area contributed by atoms with Gasteiger partial charge in [-0.1, -0.05) is 18.5 Å². The van der Waals surface area contributed by atoms with Crippen LogP contribution in [0.25, 0.3) is 0 Å². The van der Waals surface area contributed by atoms with Crippen LogP contribution in [0.5, 0.6) is 5.75 Å². The second kappa shape index (κ2) is 8.33. The molecule has 0 aliphatic carbocycles. The van der Waals surface area contributed by atoms with Crippen molar-refractivity contribution in [1.29, 1.82) is 0 Å². The number of nitrogens with one attached hydrogen (secondary N) is 1. The van der Waals surface area contributed by atoms with E-state index in [9.17, 15) is 4.79 Å². The number of rotatable bonds is 5. The van der Waals surface area contributed by atoms with Gasteiger partial charge in [-0.15, -0.1) is 0 Å². The number of aromatic nitrogens is 2. The highest BCUT2D eigenvalue weighted by atomic mass is 35.5. The van der Waals surface area contributed by atoms with Gasteiger partial charge in [-0.25, -0.2) is 9.97 Å². The monoisotopic (exact) mass is 375 g/mol. The molecule has 0 radical (unpaired) electrons. The SMILES string of the molecule is CCN1CCN(C(=O)c2cc(Nc3ccc(OC)c(Cl)c3)ncn2)CC1. The third-order valence-electron chi connectivity index (χ3n) is 4.42. The number of benzene rings is 1. The first kappa shape index (κ1) is 18.4. The Kier molecular flexibility index (Phi) is 5.90. The molecule has 0 saturated carbocycles. The molecule has 1 aliphatic heterocycles. The second-order valence-electron chi connectivity index (χ2n) is 5.99. The number of anilines is 2. The summed E-state index contributed by atoms with van der Waals surface area (Å²) in [4.78, 5) is 25.2. The zero-order valence-corrected chi connectivity index (χ0v) is 15.7. The van der Waals surface area contributed by atoms with Crippen LogP contribution in [0.2, 0.25) is 5.02 Å². The van der Waals surface area contributed by atoms with E-state index >= 15 is 0 Å². The molecule has 2 heterocycles. The van der Waals surface area contributed by atoms with Gasteiger partial charge in [-0.3, -0.25) is 4.79 Å². The van der Waals surface area contributed by atoms with Crippen molar-refractivity contribution < 1.29 is 9.53 Å². The number of ether oxygens (including phenoxy) is 1. The second-order valence-corrected chi connectivity index (χ2v) is 6.40. The van der Waals surface area contributed by atoms with Gasteiger partial charge in [0, 0.05) is 37.9 Å². The smallest absolute Gasteiger partial charge is 0.272 e. The Labute approximate surface area is 157 Å². The Morgan fingerprint density at radius 2 is 2.00 bits per heavy atom. The fraction of sp³-hybridized carbons (Fsp3) is 0.389. The van der Waals surface area contributed by atoms with Gasteiger partial charge in [0.2, 0.25) is 0 Å². The minimum absolute atomic E-state index is 0.0704. The van der Waals surface area contributed by atoms with E-state index in [1.807, 2.05) is 11.0 Å². The van der Waals surface area contributed by atoms with Crippen LogP contribution < -0.4 is 10.1 Å². The van der Waals surface area contributed by atoms with Crippen molar-refractivity contribution in [2.24, 2.45) is 0 Å². The van der Waals surface area contributed by atoms with Crippen molar-refractivity contribution in [1.82, 2.24) is 19.8 Å². The Morgan fingerprint density at radius 3 is 2.65 bits per heavy atom. The van der Waals surface area contributed by atoms with E-state index in [0.29, 0.717) is 35.4 Å². The van der Waals surface area contributed by atoms with Gasteiger partial charge >= 0.3 is 0 Å². The number of nitrogens with zero attached hydrogens (tertiary/aromatic N) is 4. The lowest BCUT2D eigenvalue weighted by Crippen LogP contribution is -2.48. The number of piperazine rings is 1. The highest BCUT2D eigenvalue weighted by Gasteiger charge is 2.22. The molecule has 1 N–H and O–H groups in total. The molecule has 1 aromatic carbocycles. The average Bonchev–Trinajstić information content (AvgIpc) is 2.68. The molecule has 0 bridgehead atoms. The topological polar surface area (TPSA) is 70.6 Å². The predicted molar refractivity (Wildman–Crippen MR) is 101 cm³/mol. The lowest BCUT2D eigenvalue weighted by atomic mass is 10.2. The van der Waals surface area contributed by atoms with E-state index in [-0.39, 0.29) is 5.91 Å². The van der Waals surface area contributed by atoms with E-state index in [2.05, 4.69) is 27.1 Å². The van der Waals surface area contributed by atoms with Gasteiger partial charge in [0.1, 0.15) is 23.6 Å². The molecular weight excluding hydrogens is 354 g/mol. The summed E-state index contributed by atoms with van der Waals surface area (Å²) in [7, 11) is 1.57. The number of methoxy groups -OCH3 is 1. The molecule has 0 spiro atoms. The summed E-state index contributed by atoms with van der Waals surface area (Å²) in [6.07, 6.45) is 1.39. The number of hydrogen-bond acceptors (Lipinski definition) is 6. The number of amides is 1. The molecule has 1 fully saturated rings. The van der Waals surface area contributed by atoms with Gasteiger partial charge in [-0.05, 0) is 24.7 Å². The molecule has 1 amide bonds. The molecule has 2 aromatic rings. The number of hydrogen-bond donors (Lipinski definition) is 1. The molecule has 0 unspecified atom stereocenters. The normalized spacial score (nSPS) is 15.0. The molecule has 0 atom stereocenters. The molecule has 7 nitrogen and oxygen atoms in total. The van der Waals surface area contributed by atoms with E-state index in [1.165, 1.54) is 6.33 Å². The lowest BCUT2D eigenvalue weighted by Gasteiger charge is -2.33. The summed E-state index contributed by atoms with van der Waals surface area (Å²) in [5.41, 5.74) is 1.14. The maximum atomic E-state index is 12.7. The van der Waals surface area contributed by atoms with Crippen LogP contribution in [0.3, 0.4) is 0 Å². The van der Waals surface area contributed by atoms with Crippen molar-refractivity contribution in [3.05, 3.63) is 41.3 Å². The van der Waals surface area contributed by atoms with Gasteiger partial charge in [0.05, 0.1) is 12.1 Å². The highest BCUT2D eigenvalue weighted by molar-refractivity contribution is 6.32. The van der Waals surface area contributed by atoms with Crippen molar-refractivity contribution in [2.45, 2.75) is 6.92 Å². The highest BCUT2D eigenvalue weighted by Crippen LogP contribution is 2.28. The largest absolute Gasteiger partial charge is 0.495 e. The number of carbonyl (C=O) groups excluding carboxylic acids is 1. The number of halogens is 1. The van der Waals surface area contributed by atoms with Crippen LogP contribution in [0, 0.1) is 0 Å². The Bertz CT molecular complexity index is 778. The van der Waals surface area contributed by atoms with Crippen LogP contribution in [0.4, 0.5) is 11.5 Å². The van der Waals surface area contributed by atoms with E-state index in [0.717, 1.165) is 25.3 Å². The molecule has 1 saturated heterocycles. The van der Waals surface area contributed by atoms with Crippen LogP contribution in [-0.4, -0.2) is 65.5 Å². The maximum absolute atomic E-state index is 12.7. The number of likely N-dealkylation sites (N-methyl/N-ethyl adjacent to an activating group) is 1. The summed E-state index contributed by atoms with van der Waals surface area (Å²) >= 11 is 6.14. The van der Waals surface area contributed by atoms with Crippen LogP contribution >= 0.6 is 11.6 Å². The fourth-order valence-electron chi connectivity index (χ4n) is 2.86. The van der Waals surface area contributed by atoms with Gasteiger partial charge < -0.3 is 19.9 Å². The molecule has 8 heteroatoms. The quantitative estimate of drug-likeness (QED) is 0.866. The molecule has 26 heavy (non-hydrogen) atoms. The average molecular weight is 376 g/mol. The van der Waals surface area contributed by atoms with Crippen LogP contribution in [0.15, 0.2) is 30.6 Å². The first-order chi connectivity index (χ1) is 12.6. The predicted octanol–water partition coefficient (Wildman–Crippen LogP) is 2.66. The Hall–Kier alpha value is -2.38. The minimum Gasteiger partial charge on any atom is -0.495 e.